The van der Waals surface area contributed by atoms with Gasteiger partial charge in [-0.05, 0) is 33.1 Å². The van der Waals surface area contributed by atoms with Crippen molar-refractivity contribution in [3.8, 4) is 0 Å². The third-order valence-electron chi connectivity index (χ3n) is 2.44. The van der Waals surface area contributed by atoms with Gasteiger partial charge in [0.1, 0.15) is 6.04 Å². The van der Waals surface area contributed by atoms with Crippen LogP contribution < -0.4 is 16.4 Å². The normalized spacial score (nSPS) is 17.3. The van der Waals surface area contributed by atoms with Crippen LogP contribution in [-0.4, -0.2) is 34.7 Å². The van der Waals surface area contributed by atoms with Gasteiger partial charge in [-0.25, -0.2) is 4.79 Å². The molecule has 2 amide bonds. The van der Waals surface area contributed by atoms with E-state index in [2.05, 4.69) is 33.2 Å². The molecule has 0 saturated heterocycles. The Balaban J connectivity index is 4.72. The largest absolute Gasteiger partial charge is 0.447 e. The fourth-order valence-electron chi connectivity index (χ4n) is 1.74. The highest BCUT2D eigenvalue weighted by atomic mass is 127. The number of nitrogens with one attached hydrogen (secondary N) is 2. The molecule has 0 aliphatic rings. The summed E-state index contributed by atoms with van der Waals surface area (Å²) < 4.78 is 4.56. The Morgan fingerprint density at radius 2 is 1.89 bits per heavy atom. The van der Waals surface area contributed by atoms with E-state index in [1.807, 2.05) is 13.8 Å². The molecule has 0 rings (SSSR count). The fraction of sp³-hybridized carbons (Fsp3) is 0.833. The maximum absolute atomic E-state index is 11.8. The van der Waals surface area contributed by atoms with E-state index in [1.165, 1.54) is 7.05 Å². The molecule has 112 valence electrons. The van der Waals surface area contributed by atoms with Gasteiger partial charge in [-0.1, -0.05) is 29.5 Å². The Hall–Kier alpha value is -0.570. The summed E-state index contributed by atoms with van der Waals surface area (Å²) in [6.45, 7) is 7.25. The molecule has 4 N–H and O–H groups in total. The number of alkyl halides is 1. The predicted octanol–water partition coefficient (Wildman–Crippen LogP) is 1.37. The third-order valence-corrected chi connectivity index (χ3v) is 2.88. The molecule has 0 spiro atoms. The van der Waals surface area contributed by atoms with Gasteiger partial charge >= 0.3 is 6.09 Å². The Kier molecular flexibility index (Phi) is 7.65. The van der Waals surface area contributed by atoms with Gasteiger partial charge in [0, 0.05) is 7.05 Å². The van der Waals surface area contributed by atoms with E-state index in [4.69, 9.17) is 10.5 Å². The molecule has 0 bridgehead atoms. The van der Waals surface area contributed by atoms with E-state index in [1.54, 1.807) is 13.8 Å². The Morgan fingerprint density at radius 3 is 2.26 bits per heavy atom. The average molecular weight is 385 g/mol. The summed E-state index contributed by atoms with van der Waals surface area (Å²) in [5, 5.41) is 5.13. The van der Waals surface area contributed by atoms with Crippen LogP contribution in [0.1, 0.15) is 34.1 Å². The highest BCUT2D eigenvalue weighted by Crippen LogP contribution is 2.23. The zero-order chi connectivity index (χ0) is 15.2. The second-order valence-corrected chi connectivity index (χ2v) is 7.61. The summed E-state index contributed by atoms with van der Waals surface area (Å²) >= 11 is 2.12. The van der Waals surface area contributed by atoms with E-state index in [0.717, 1.165) is 0 Å². The van der Waals surface area contributed by atoms with Crippen LogP contribution in [0.5, 0.6) is 0 Å². The topological polar surface area (TPSA) is 93.5 Å². The maximum Gasteiger partial charge on any atom is 0.408 e. The highest BCUT2D eigenvalue weighted by molar-refractivity contribution is 14.1. The lowest BCUT2D eigenvalue weighted by molar-refractivity contribution is -0.123. The van der Waals surface area contributed by atoms with Crippen LogP contribution in [0.25, 0.3) is 0 Å². The number of likely N-dealkylation sites (N-methyl/N-ethyl adjacent to an activating group) is 1. The quantitative estimate of drug-likeness (QED) is 0.366. The molecule has 7 heteroatoms. The molecule has 0 aromatic rings. The molecule has 19 heavy (non-hydrogen) atoms. The minimum Gasteiger partial charge on any atom is -0.447 e. The minimum atomic E-state index is -0.658. The van der Waals surface area contributed by atoms with Gasteiger partial charge in [0.15, 0.2) is 0 Å². The molecule has 0 fully saturated rings. The first kappa shape index (κ1) is 18.4. The first-order valence-electron chi connectivity index (χ1n) is 6.23. The van der Waals surface area contributed by atoms with Crippen LogP contribution in [0.4, 0.5) is 4.79 Å². The lowest BCUT2D eigenvalue weighted by Gasteiger charge is -2.28. The molecule has 0 radical (unpaired) electrons. The van der Waals surface area contributed by atoms with Gasteiger partial charge in [-0.15, -0.1) is 0 Å². The van der Waals surface area contributed by atoms with Crippen molar-refractivity contribution < 1.29 is 14.3 Å². The second kappa shape index (κ2) is 7.88. The van der Waals surface area contributed by atoms with Crippen LogP contribution >= 0.6 is 22.6 Å². The number of hydrogen-bond acceptors (Lipinski definition) is 4. The van der Waals surface area contributed by atoms with E-state index in [0.29, 0.717) is 6.42 Å². The predicted molar refractivity (Wildman–Crippen MR) is 83.0 cm³/mol. The van der Waals surface area contributed by atoms with Crippen molar-refractivity contribution in [2.24, 2.45) is 11.7 Å². The first-order chi connectivity index (χ1) is 8.56. The molecule has 0 saturated carbocycles. The standard InChI is InChI=1S/C12H24IN3O3/c1-7(2)19-11(18)16-9(10(17)15-5)8(3)6-12(4,13)14/h7-9H,6,14H2,1-5H3,(H,15,17)(H,16,18). The number of carbonyl (C=O) groups excluding carboxylic acids is 2. The minimum absolute atomic E-state index is 0.105. The first-order valence-corrected chi connectivity index (χ1v) is 7.31. The van der Waals surface area contributed by atoms with E-state index in [9.17, 15) is 9.59 Å². The van der Waals surface area contributed by atoms with Gasteiger partial charge in [-0.2, -0.15) is 0 Å². The van der Waals surface area contributed by atoms with E-state index < -0.39 is 15.7 Å². The molecule has 0 heterocycles. The van der Waals surface area contributed by atoms with Crippen LogP contribution in [0.2, 0.25) is 0 Å². The van der Waals surface area contributed by atoms with Crippen LogP contribution in [-0.2, 0) is 9.53 Å². The molecule has 0 aliphatic heterocycles. The highest BCUT2D eigenvalue weighted by Gasteiger charge is 2.30. The Labute approximate surface area is 128 Å². The second-order valence-electron chi connectivity index (χ2n) is 5.15. The smallest absolute Gasteiger partial charge is 0.408 e. The fourth-order valence-corrected chi connectivity index (χ4v) is 2.44. The van der Waals surface area contributed by atoms with Gasteiger partial charge in [0.25, 0.3) is 0 Å². The summed E-state index contributed by atoms with van der Waals surface area (Å²) in [6, 6.07) is -0.658. The van der Waals surface area contributed by atoms with Crippen molar-refractivity contribution in [1.29, 1.82) is 0 Å². The number of nitrogens with two attached hydrogens (primary N) is 1. The van der Waals surface area contributed by atoms with Crippen molar-refractivity contribution in [2.75, 3.05) is 7.05 Å². The van der Waals surface area contributed by atoms with Gasteiger partial charge < -0.3 is 21.1 Å². The van der Waals surface area contributed by atoms with Crippen molar-refractivity contribution in [2.45, 2.75) is 49.8 Å². The number of hydrogen-bond donors (Lipinski definition) is 3. The molecule has 3 atom stereocenters. The number of carbonyl (C=O) groups is 2. The van der Waals surface area contributed by atoms with Gasteiger partial charge in [0.05, 0.1) is 9.65 Å². The zero-order valence-corrected chi connectivity index (χ0v) is 14.3. The molecular weight excluding hydrogens is 361 g/mol. The molecule has 0 aromatic carbocycles. The molecule has 6 nitrogen and oxygen atoms in total. The van der Waals surface area contributed by atoms with Crippen molar-refractivity contribution >= 4 is 34.6 Å². The van der Waals surface area contributed by atoms with Crippen LogP contribution in [0.15, 0.2) is 0 Å². The number of rotatable bonds is 6. The Morgan fingerprint density at radius 1 is 1.37 bits per heavy atom. The van der Waals surface area contributed by atoms with Crippen LogP contribution in [0, 0.1) is 5.92 Å². The van der Waals surface area contributed by atoms with Crippen molar-refractivity contribution in [3.63, 3.8) is 0 Å². The summed E-state index contributed by atoms with van der Waals surface area (Å²) in [7, 11) is 1.53. The van der Waals surface area contributed by atoms with Gasteiger partial charge in [0.2, 0.25) is 5.91 Å². The molecule has 3 unspecified atom stereocenters. The maximum atomic E-state index is 11.8. The summed E-state index contributed by atoms with van der Waals surface area (Å²) in [4.78, 5) is 23.4. The lowest BCUT2D eigenvalue weighted by atomic mass is 9.94. The number of halogens is 1. The van der Waals surface area contributed by atoms with E-state index >= 15 is 0 Å². The average Bonchev–Trinajstić information content (AvgIpc) is 2.21. The van der Waals surface area contributed by atoms with Crippen molar-refractivity contribution in [3.05, 3.63) is 0 Å². The molecular formula is C12H24IN3O3. The third kappa shape index (κ3) is 8.25. The monoisotopic (exact) mass is 385 g/mol. The number of alkyl carbamates (subject to hydrolysis) is 1. The van der Waals surface area contributed by atoms with Gasteiger partial charge in [-0.3, -0.25) is 4.79 Å². The summed E-state index contributed by atoms with van der Waals surface area (Å²) in [5.74, 6) is -0.361. The molecule has 0 aromatic heterocycles. The van der Waals surface area contributed by atoms with Crippen LogP contribution in [0.3, 0.4) is 0 Å². The zero-order valence-electron chi connectivity index (χ0n) is 12.1. The number of amides is 2. The van der Waals surface area contributed by atoms with E-state index in [-0.39, 0.29) is 17.9 Å². The SMILES string of the molecule is CNC(=O)C(NC(=O)OC(C)C)C(C)CC(C)(N)I. The Bertz CT molecular complexity index is 316. The summed E-state index contributed by atoms with van der Waals surface area (Å²) in [6.07, 6.45) is -0.235. The molecule has 0 aliphatic carbocycles. The van der Waals surface area contributed by atoms with Crippen molar-refractivity contribution in [1.82, 2.24) is 10.6 Å². The number of ether oxygens (including phenoxy) is 1. The summed E-state index contributed by atoms with van der Waals surface area (Å²) in [5.41, 5.74) is 5.94. The lowest BCUT2D eigenvalue weighted by Crippen LogP contribution is -2.51.